The molecule has 0 atom stereocenters. The minimum atomic E-state index is -0.423. The molecule has 1 saturated carbocycles. The topological polar surface area (TPSA) is 74.2 Å². The van der Waals surface area contributed by atoms with Crippen LogP contribution < -0.4 is 10.5 Å². The minimum absolute atomic E-state index is 0. The Balaban J connectivity index is 0.00000192. The highest BCUT2D eigenvalue weighted by molar-refractivity contribution is 5.85. The molecule has 0 saturated heterocycles. The number of hydrogen-bond acceptors (Lipinski definition) is 5. The third-order valence-corrected chi connectivity index (χ3v) is 4.25. The molecule has 0 radical (unpaired) electrons. The fourth-order valence-electron chi connectivity index (χ4n) is 2.96. The highest BCUT2D eigenvalue weighted by atomic mass is 35.5. The van der Waals surface area contributed by atoms with Crippen LogP contribution in [0.1, 0.15) is 49.9 Å². The molecule has 0 unspecified atom stereocenters. The van der Waals surface area contributed by atoms with E-state index in [1.165, 1.54) is 0 Å². The standard InChI is InChI=1S/C17H21N3O2.ClH/c1-12(13-7-3-4-8-14(13)21-2)11-15-19-16(20-22-15)17(18)9-5-6-10-17;/h3-4,7-8,11H,5-6,9-10,18H2,1-2H3;1H/b12-11+;. The average Bonchev–Trinajstić information content (AvgIpc) is 3.17. The van der Waals surface area contributed by atoms with Gasteiger partial charge in [0.1, 0.15) is 5.75 Å². The first-order valence-electron chi connectivity index (χ1n) is 7.57. The summed E-state index contributed by atoms with van der Waals surface area (Å²) in [5, 5.41) is 4.07. The Morgan fingerprint density at radius 2 is 2.00 bits per heavy atom. The number of ether oxygens (including phenoxy) is 1. The van der Waals surface area contributed by atoms with Crippen molar-refractivity contribution in [2.24, 2.45) is 5.73 Å². The molecule has 1 aromatic heterocycles. The Morgan fingerprint density at radius 1 is 1.30 bits per heavy atom. The van der Waals surface area contributed by atoms with Crippen molar-refractivity contribution < 1.29 is 9.26 Å². The lowest BCUT2D eigenvalue weighted by molar-refractivity contribution is 0.364. The average molecular weight is 336 g/mol. The zero-order chi connectivity index (χ0) is 15.6. The van der Waals surface area contributed by atoms with Crippen LogP contribution in [-0.4, -0.2) is 17.3 Å². The van der Waals surface area contributed by atoms with Gasteiger partial charge in [-0.2, -0.15) is 4.98 Å². The van der Waals surface area contributed by atoms with Crippen molar-refractivity contribution in [2.75, 3.05) is 7.11 Å². The van der Waals surface area contributed by atoms with Crippen LogP contribution in [-0.2, 0) is 5.54 Å². The predicted molar refractivity (Wildman–Crippen MR) is 92.4 cm³/mol. The molecule has 0 bridgehead atoms. The summed E-state index contributed by atoms with van der Waals surface area (Å²) in [5.41, 5.74) is 7.95. The number of benzene rings is 1. The number of nitrogens with two attached hydrogens (primary N) is 1. The van der Waals surface area contributed by atoms with Crippen LogP contribution in [0.3, 0.4) is 0 Å². The lowest BCUT2D eigenvalue weighted by Gasteiger charge is -2.17. The van der Waals surface area contributed by atoms with Gasteiger partial charge >= 0.3 is 0 Å². The Morgan fingerprint density at radius 3 is 2.70 bits per heavy atom. The lowest BCUT2D eigenvalue weighted by Crippen LogP contribution is -2.34. The number of methoxy groups -OCH3 is 1. The first kappa shape index (κ1) is 17.5. The molecule has 1 fully saturated rings. The van der Waals surface area contributed by atoms with Gasteiger partial charge in [0.2, 0.25) is 0 Å². The molecule has 6 heteroatoms. The first-order valence-corrected chi connectivity index (χ1v) is 7.57. The molecule has 0 aliphatic heterocycles. The van der Waals surface area contributed by atoms with Gasteiger partial charge in [0.25, 0.3) is 5.89 Å². The summed E-state index contributed by atoms with van der Waals surface area (Å²) >= 11 is 0. The second-order valence-electron chi connectivity index (χ2n) is 5.85. The van der Waals surface area contributed by atoms with E-state index in [1.54, 1.807) is 7.11 Å². The molecule has 1 aliphatic carbocycles. The van der Waals surface area contributed by atoms with Crippen molar-refractivity contribution >= 4 is 24.1 Å². The number of para-hydroxylation sites is 1. The van der Waals surface area contributed by atoms with E-state index >= 15 is 0 Å². The molecule has 1 aliphatic rings. The van der Waals surface area contributed by atoms with E-state index in [0.717, 1.165) is 42.6 Å². The molecule has 0 spiro atoms. The highest BCUT2D eigenvalue weighted by Crippen LogP contribution is 2.35. The molecular formula is C17H22ClN3O2. The van der Waals surface area contributed by atoms with E-state index in [4.69, 9.17) is 15.0 Å². The highest BCUT2D eigenvalue weighted by Gasteiger charge is 2.35. The quantitative estimate of drug-likeness (QED) is 0.920. The molecule has 3 rings (SSSR count). The second kappa shape index (κ2) is 7.15. The van der Waals surface area contributed by atoms with Gasteiger partial charge in [-0.1, -0.05) is 36.2 Å². The van der Waals surface area contributed by atoms with Gasteiger partial charge < -0.3 is 15.0 Å². The molecule has 0 amide bonds. The normalized spacial score (nSPS) is 16.9. The zero-order valence-electron chi connectivity index (χ0n) is 13.4. The number of aromatic nitrogens is 2. The van der Waals surface area contributed by atoms with E-state index in [1.807, 2.05) is 37.3 Å². The summed E-state index contributed by atoms with van der Waals surface area (Å²) < 4.78 is 10.7. The van der Waals surface area contributed by atoms with Crippen molar-refractivity contribution in [3.63, 3.8) is 0 Å². The minimum Gasteiger partial charge on any atom is -0.496 e. The zero-order valence-corrected chi connectivity index (χ0v) is 14.2. The monoisotopic (exact) mass is 335 g/mol. The van der Waals surface area contributed by atoms with Crippen LogP contribution in [0.15, 0.2) is 28.8 Å². The van der Waals surface area contributed by atoms with E-state index in [0.29, 0.717) is 11.7 Å². The van der Waals surface area contributed by atoms with Crippen LogP contribution in [0.25, 0.3) is 11.6 Å². The van der Waals surface area contributed by atoms with Crippen molar-refractivity contribution in [3.8, 4) is 5.75 Å². The van der Waals surface area contributed by atoms with Gasteiger partial charge in [-0.05, 0) is 31.4 Å². The molecule has 23 heavy (non-hydrogen) atoms. The van der Waals surface area contributed by atoms with Crippen LogP contribution in [0.4, 0.5) is 0 Å². The molecule has 124 valence electrons. The van der Waals surface area contributed by atoms with Gasteiger partial charge in [0, 0.05) is 11.6 Å². The summed E-state index contributed by atoms with van der Waals surface area (Å²) in [4.78, 5) is 4.47. The number of nitrogens with zero attached hydrogens (tertiary/aromatic N) is 2. The maximum Gasteiger partial charge on any atom is 0.250 e. The van der Waals surface area contributed by atoms with Gasteiger partial charge in [-0.25, -0.2) is 0 Å². The SMILES string of the molecule is COc1ccccc1/C(C)=C/c1nc(C2(N)CCCC2)no1.Cl. The van der Waals surface area contributed by atoms with Crippen molar-refractivity contribution in [2.45, 2.75) is 38.1 Å². The van der Waals surface area contributed by atoms with Gasteiger partial charge in [-0.15, -0.1) is 12.4 Å². The van der Waals surface area contributed by atoms with Crippen molar-refractivity contribution in [1.82, 2.24) is 10.1 Å². The number of allylic oxidation sites excluding steroid dienone is 1. The summed E-state index contributed by atoms with van der Waals surface area (Å²) in [5.74, 6) is 1.92. The summed E-state index contributed by atoms with van der Waals surface area (Å²) in [6.45, 7) is 2.00. The maximum absolute atomic E-state index is 6.36. The second-order valence-corrected chi connectivity index (χ2v) is 5.85. The number of hydrogen-bond donors (Lipinski definition) is 1. The predicted octanol–water partition coefficient (Wildman–Crippen LogP) is 3.79. The summed E-state index contributed by atoms with van der Waals surface area (Å²) in [7, 11) is 1.66. The Kier molecular flexibility index (Phi) is 5.44. The Labute approximate surface area is 142 Å². The molecule has 1 heterocycles. The van der Waals surface area contributed by atoms with E-state index in [-0.39, 0.29) is 12.4 Å². The molecule has 2 aromatic rings. The Bertz CT molecular complexity index is 691. The smallest absolute Gasteiger partial charge is 0.250 e. The number of rotatable bonds is 4. The van der Waals surface area contributed by atoms with Crippen LogP contribution in [0.2, 0.25) is 0 Å². The Hall–Kier alpha value is -1.85. The van der Waals surface area contributed by atoms with Crippen LogP contribution in [0, 0.1) is 0 Å². The first-order chi connectivity index (χ1) is 10.6. The summed E-state index contributed by atoms with van der Waals surface area (Å²) in [6.07, 6.45) is 5.95. The third-order valence-electron chi connectivity index (χ3n) is 4.25. The molecule has 1 aromatic carbocycles. The molecule has 5 nitrogen and oxygen atoms in total. The van der Waals surface area contributed by atoms with E-state index < -0.39 is 5.54 Å². The van der Waals surface area contributed by atoms with Crippen molar-refractivity contribution in [3.05, 3.63) is 41.5 Å². The van der Waals surface area contributed by atoms with Gasteiger partial charge in [-0.3, -0.25) is 0 Å². The fraction of sp³-hybridized carbons (Fsp3) is 0.412. The third kappa shape index (κ3) is 3.57. The number of halogens is 1. The van der Waals surface area contributed by atoms with Crippen molar-refractivity contribution in [1.29, 1.82) is 0 Å². The van der Waals surface area contributed by atoms with Gasteiger partial charge in [0.05, 0.1) is 12.6 Å². The molecular weight excluding hydrogens is 314 g/mol. The maximum atomic E-state index is 6.36. The molecule has 2 N–H and O–H groups in total. The van der Waals surface area contributed by atoms with E-state index in [9.17, 15) is 0 Å². The fourth-order valence-corrected chi connectivity index (χ4v) is 2.96. The van der Waals surface area contributed by atoms with E-state index in [2.05, 4.69) is 10.1 Å². The largest absolute Gasteiger partial charge is 0.496 e. The summed E-state index contributed by atoms with van der Waals surface area (Å²) in [6, 6.07) is 7.85. The van der Waals surface area contributed by atoms with Gasteiger partial charge in [0.15, 0.2) is 5.82 Å². The van der Waals surface area contributed by atoms with Crippen LogP contribution in [0.5, 0.6) is 5.75 Å². The van der Waals surface area contributed by atoms with Crippen LogP contribution >= 0.6 is 12.4 Å². The lowest BCUT2D eigenvalue weighted by atomic mass is 9.99.